The van der Waals surface area contributed by atoms with Gasteiger partial charge in [-0.15, -0.1) is 0 Å². The number of likely N-dealkylation sites (tertiary alicyclic amines) is 1. The van der Waals surface area contributed by atoms with Crippen molar-refractivity contribution in [1.29, 1.82) is 0 Å². The number of nitrogens with zero attached hydrogens (tertiary/aromatic N) is 2. The van der Waals surface area contributed by atoms with Crippen LogP contribution in [0.15, 0.2) is 54.4 Å². The first-order valence-electron chi connectivity index (χ1n) is 10.4. The molecule has 2 aliphatic rings. The topological polar surface area (TPSA) is 79.7 Å². The first-order valence-corrected chi connectivity index (χ1v) is 10.4. The molecule has 1 atom stereocenters. The van der Waals surface area contributed by atoms with E-state index < -0.39 is 17.7 Å². The second kappa shape index (κ2) is 8.30. The Morgan fingerprint density at radius 2 is 1.70 bits per heavy atom. The summed E-state index contributed by atoms with van der Waals surface area (Å²) in [6.45, 7) is 3.91. The molecule has 0 spiro atoms. The molecule has 1 unspecified atom stereocenters. The van der Waals surface area contributed by atoms with Gasteiger partial charge in [-0.25, -0.2) is 0 Å². The molecule has 6 heteroatoms. The van der Waals surface area contributed by atoms with Crippen LogP contribution in [0.4, 0.5) is 0 Å². The van der Waals surface area contributed by atoms with E-state index in [-0.39, 0.29) is 23.5 Å². The molecule has 1 aliphatic carbocycles. The van der Waals surface area contributed by atoms with E-state index in [0.717, 1.165) is 37.0 Å². The predicted molar refractivity (Wildman–Crippen MR) is 113 cm³/mol. The summed E-state index contributed by atoms with van der Waals surface area (Å²) >= 11 is 0. The van der Waals surface area contributed by atoms with Crippen LogP contribution < -0.4 is 4.74 Å². The van der Waals surface area contributed by atoms with Crippen molar-refractivity contribution in [2.75, 3.05) is 0 Å². The van der Waals surface area contributed by atoms with E-state index in [1.807, 2.05) is 38.1 Å². The Morgan fingerprint density at radius 3 is 2.30 bits per heavy atom. The summed E-state index contributed by atoms with van der Waals surface area (Å²) in [5, 5.41) is 11.0. The van der Waals surface area contributed by atoms with Crippen molar-refractivity contribution < 1.29 is 19.4 Å². The summed E-state index contributed by atoms with van der Waals surface area (Å²) in [7, 11) is 0. The summed E-state index contributed by atoms with van der Waals surface area (Å²) in [6, 6.07) is 10.1. The second-order valence-electron chi connectivity index (χ2n) is 8.12. The van der Waals surface area contributed by atoms with Crippen molar-refractivity contribution in [1.82, 2.24) is 9.88 Å². The standard InChI is InChI=1S/C24H26N2O4/c1-15(2)30-19-9-7-16(8-10-19)21-20(22(27)17-11-13-25-14-12-17)23(28)24(29)26(21)18-5-3-4-6-18/h7-15,18,21,27H,3-6H2,1-2H3/b22-20-. The van der Waals surface area contributed by atoms with Gasteiger partial charge in [0.05, 0.1) is 17.7 Å². The number of hydrogen-bond donors (Lipinski definition) is 1. The van der Waals surface area contributed by atoms with Gasteiger partial charge in [0, 0.05) is 24.0 Å². The van der Waals surface area contributed by atoms with Gasteiger partial charge in [0.15, 0.2) is 0 Å². The van der Waals surface area contributed by atoms with Gasteiger partial charge in [0.25, 0.3) is 11.7 Å². The molecule has 1 amide bonds. The number of carbonyl (C=O) groups excluding carboxylic acids is 2. The maximum Gasteiger partial charge on any atom is 0.295 e. The summed E-state index contributed by atoms with van der Waals surface area (Å²) in [5.74, 6) is -0.613. The molecular weight excluding hydrogens is 380 g/mol. The Kier molecular flexibility index (Phi) is 5.57. The minimum atomic E-state index is -0.635. The number of pyridine rings is 1. The molecule has 1 aliphatic heterocycles. The Balaban J connectivity index is 1.81. The number of Topliss-reactive ketones (excluding diaryl/α,β-unsaturated/α-hetero) is 1. The molecule has 30 heavy (non-hydrogen) atoms. The zero-order valence-electron chi connectivity index (χ0n) is 17.2. The van der Waals surface area contributed by atoms with Gasteiger partial charge in [-0.1, -0.05) is 25.0 Å². The zero-order valence-corrected chi connectivity index (χ0v) is 17.2. The highest BCUT2D eigenvalue weighted by atomic mass is 16.5. The lowest BCUT2D eigenvalue weighted by atomic mass is 9.95. The van der Waals surface area contributed by atoms with Crippen LogP contribution in [0.1, 0.15) is 56.7 Å². The van der Waals surface area contributed by atoms with Gasteiger partial charge >= 0.3 is 0 Å². The second-order valence-corrected chi connectivity index (χ2v) is 8.12. The molecule has 2 fully saturated rings. The third-order valence-electron chi connectivity index (χ3n) is 5.72. The number of benzene rings is 1. The van der Waals surface area contributed by atoms with Crippen LogP contribution >= 0.6 is 0 Å². The van der Waals surface area contributed by atoms with Crippen LogP contribution in [0.2, 0.25) is 0 Å². The molecule has 2 aromatic rings. The third kappa shape index (κ3) is 3.70. The first kappa shape index (κ1) is 20.1. The fraction of sp³-hybridized carbons (Fsp3) is 0.375. The summed E-state index contributed by atoms with van der Waals surface area (Å²) in [6.07, 6.45) is 6.95. The maximum atomic E-state index is 13.0. The van der Waals surface area contributed by atoms with Crippen molar-refractivity contribution in [3.8, 4) is 5.75 Å². The minimum absolute atomic E-state index is 0.000723. The average Bonchev–Trinajstić information content (AvgIpc) is 3.35. The van der Waals surface area contributed by atoms with Crippen LogP contribution in [-0.4, -0.2) is 38.8 Å². The lowest BCUT2D eigenvalue weighted by Gasteiger charge is -2.30. The number of hydrogen-bond acceptors (Lipinski definition) is 5. The highest BCUT2D eigenvalue weighted by Crippen LogP contribution is 2.43. The molecule has 1 N–H and O–H groups in total. The van der Waals surface area contributed by atoms with Crippen molar-refractivity contribution in [2.45, 2.75) is 57.7 Å². The van der Waals surface area contributed by atoms with Crippen molar-refractivity contribution in [2.24, 2.45) is 0 Å². The number of aromatic nitrogens is 1. The van der Waals surface area contributed by atoms with Crippen LogP contribution in [-0.2, 0) is 9.59 Å². The Hall–Kier alpha value is -3.15. The summed E-state index contributed by atoms with van der Waals surface area (Å²) in [4.78, 5) is 31.7. The third-order valence-corrected chi connectivity index (χ3v) is 5.72. The molecule has 6 nitrogen and oxygen atoms in total. The van der Waals surface area contributed by atoms with Crippen molar-refractivity contribution in [3.63, 3.8) is 0 Å². The van der Waals surface area contributed by atoms with Gasteiger partial charge in [0.1, 0.15) is 11.5 Å². The van der Waals surface area contributed by atoms with Gasteiger partial charge in [-0.2, -0.15) is 0 Å². The van der Waals surface area contributed by atoms with Crippen molar-refractivity contribution >= 4 is 17.4 Å². The predicted octanol–water partition coefficient (Wildman–Crippen LogP) is 4.23. The van der Waals surface area contributed by atoms with Gasteiger partial charge in [-0.05, 0) is 56.5 Å². The molecule has 2 heterocycles. The Labute approximate surface area is 176 Å². The van der Waals surface area contributed by atoms with E-state index in [1.165, 1.54) is 0 Å². The fourth-order valence-electron chi connectivity index (χ4n) is 4.40. The molecule has 0 bridgehead atoms. The fourth-order valence-corrected chi connectivity index (χ4v) is 4.40. The molecule has 4 rings (SSSR count). The minimum Gasteiger partial charge on any atom is -0.507 e. The maximum absolute atomic E-state index is 13.0. The molecule has 1 aromatic carbocycles. The van der Waals surface area contributed by atoms with E-state index >= 15 is 0 Å². The quantitative estimate of drug-likeness (QED) is 0.457. The highest BCUT2D eigenvalue weighted by Gasteiger charge is 2.49. The van der Waals surface area contributed by atoms with Crippen molar-refractivity contribution in [3.05, 3.63) is 65.5 Å². The lowest BCUT2D eigenvalue weighted by Crippen LogP contribution is -2.37. The van der Waals surface area contributed by atoms with Crippen LogP contribution in [0, 0.1) is 0 Å². The number of ether oxygens (including phenoxy) is 1. The average molecular weight is 406 g/mol. The van der Waals surface area contributed by atoms with E-state index in [9.17, 15) is 14.7 Å². The van der Waals surface area contributed by atoms with Crippen LogP contribution in [0.25, 0.3) is 5.76 Å². The number of ketones is 1. The molecule has 1 aromatic heterocycles. The number of carbonyl (C=O) groups is 2. The smallest absolute Gasteiger partial charge is 0.295 e. The molecule has 1 saturated heterocycles. The first-order chi connectivity index (χ1) is 14.5. The number of aliphatic hydroxyl groups excluding tert-OH is 1. The molecular formula is C24H26N2O4. The zero-order chi connectivity index (χ0) is 21.3. The normalized spacial score (nSPS) is 21.6. The van der Waals surface area contributed by atoms with Crippen LogP contribution in [0.5, 0.6) is 5.75 Å². The van der Waals surface area contributed by atoms with Gasteiger partial charge in [0.2, 0.25) is 0 Å². The van der Waals surface area contributed by atoms with E-state index in [0.29, 0.717) is 5.56 Å². The largest absolute Gasteiger partial charge is 0.507 e. The van der Waals surface area contributed by atoms with Gasteiger partial charge < -0.3 is 14.7 Å². The Bertz CT molecular complexity index is 960. The number of amides is 1. The van der Waals surface area contributed by atoms with Gasteiger partial charge in [-0.3, -0.25) is 14.6 Å². The Morgan fingerprint density at radius 1 is 1.07 bits per heavy atom. The number of aliphatic hydroxyl groups is 1. The SMILES string of the molecule is CC(C)Oc1ccc(C2/C(=C(/O)c3ccncc3)C(=O)C(=O)N2C2CCCC2)cc1. The molecule has 0 radical (unpaired) electrons. The monoisotopic (exact) mass is 406 g/mol. The van der Waals surface area contributed by atoms with E-state index in [4.69, 9.17) is 4.74 Å². The van der Waals surface area contributed by atoms with Crippen LogP contribution in [0.3, 0.4) is 0 Å². The van der Waals surface area contributed by atoms with E-state index in [2.05, 4.69) is 4.98 Å². The molecule has 1 saturated carbocycles. The summed E-state index contributed by atoms with van der Waals surface area (Å²) in [5.41, 5.74) is 1.39. The highest BCUT2D eigenvalue weighted by molar-refractivity contribution is 6.46. The van der Waals surface area contributed by atoms with E-state index in [1.54, 1.807) is 29.4 Å². The lowest BCUT2D eigenvalue weighted by molar-refractivity contribution is -0.141. The number of rotatable bonds is 5. The summed E-state index contributed by atoms with van der Waals surface area (Å²) < 4.78 is 5.73. The molecule has 156 valence electrons.